The van der Waals surface area contributed by atoms with Gasteiger partial charge in [-0.3, -0.25) is 9.89 Å². The maximum Gasteiger partial charge on any atom is 0.226 e. The summed E-state index contributed by atoms with van der Waals surface area (Å²) in [7, 11) is 0. The Bertz CT molecular complexity index is 241. The lowest BCUT2D eigenvalue weighted by Gasteiger charge is -2.06. The molecular formula is C8H13N3O. The third-order valence-corrected chi connectivity index (χ3v) is 1.36. The number of hydrogen-bond donors (Lipinski definition) is 2. The van der Waals surface area contributed by atoms with Crippen molar-refractivity contribution < 1.29 is 4.79 Å². The molecule has 66 valence electrons. The van der Waals surface area contributed by atoms with Gasteiger partial charge in [0, 0.05) is 17.9 Å². The van der Waals surface area contributed by atoms with Crippen molar-refractivity contribution in [3.8, 4) is 0 Å². The molecule has 1 aromatic rings. The standard InChI is InChI=1S/C8H13N3O/c1-6(2)10-8(12)5-7-3-4-9-11-7/h3-4,6H,5H2,1-2H3,(H,9,11)(H,10,12). The van der Waals surface area contributed by atoms with Gasteiger partial charge in [-0.15, -0.1) is 0 Å². The molecule has 0 saturated carbocycles. The van der Waals surface area contributed by atoms with Crippen LogP contribution in [0.2, 0.25) is 0 Å². The van der Waals surface area contributed by atoms with E-state index in [1.807, 2.05) is 13.8 Å². The number of carbonyl (C=O) groups excluding carboxylic acids is 1. The number of amides is 1. The minimum absolute atomic E-state index is 0.0225. The Kier molecular flexibility index (Phi) is 2.85. The molecular weight excluding hydrogens is 154 g/mol. The normalized spacial score (nSPS) is 10.2. The molecule has 0 radical (unpaired) electrons. The van der Waals surface area contributed by atoms with Crippen molar-refractivity contribution in [1.29, 1.82) is 0 Å². The molecule has 12 heavy (non-hydrogen) atoms. The number of nitrogens with zero attached hydrogens (tertiary/aromatic N) is 1. The molecule has 0 unspecified atom stereocenters. The zero-order valence-electron chi connectivity index (χ0n) is 7.29. The third kappa shape index (κ3) is 2.74. The molecule has 2 N–H and O–H groups in total. The summed E-state index contributed by atoms with van der Waals surface area (Å²) in [5.41, 5.74) is 0.841. The van der Waals surface area contributed by atoms with Gasteiger partial charge in [0.25, 0.3) is 0 Å². The van der Waals surface area contributed by atoms with E-state index in [2.05, 4.69) is 15.5 Å². The number of aromatic nitrogens is 2. The summed E-state index contributed by atoms with van der Waals surface area (Å²) in [5.74, 6) is 0.0225. The summed E-state index contributed by atoms with van der Waals surface area (Å²) in [6.45, 7) is 3.87. The van der Waals surface area contributed by atoms with Gasteiger partial charge >= 0.3 is 0 Å². The first kappa shape index (κ1) is 8.77. The van der Waals surface area contributed by atoms with E-state index in [1.165, 1.54) is 0 Å². The fraction of sp³-hybridized carbons (Fsp3) is 0.500. The molecule has 0 bridgehead atoms. The zero-order chi connectivity index (χ0) is 8.97. The number of hydrogen-bond acceptors (Lipinski definition) is 2. The van der Waals surface area contributed by atoms with E-state index in [4.69, 9.17) is 0 Å². The summed E-state index contributed by atoms with van der Waals surface area (Å²) in [6.07, 6.45) is 2.01. The Balaban J connectivity index is 2.37. The van der Waals surface area contributed by atoms with Gasteiger partial charge in [-0.1, -0.05) is 0 Å². The van der Waals surface area contributed by atoms with Crippen molar-refractivity contribution in [2.75, 3.05) is 0 Å². The molecule has 1 rings (SSSR count). The largest absolute Gasteiger partial charge is 0.354 e. The van der Waals surface area contributed by atoms with Gasteiger partial charge in [-0.25, -0.2) is 0 Å². The summed E-state index contributed by atoms with van der Waals surface area (Å²) in [6, 6.07) is 1.99. The number of nitrogens with one attached hydrogen (secondary N) is 2. The molecule has 0 spiro atoms. The number of H-pyrrole nitrogens is 1. The second-order valence-electron chi connectivity index (χ2n) is 2.98. The second-order valence-corrected chi connectivity index (χ2v) is 2.98. The van der Waals surface area contributed by atoms with Gasteiger partial charge in [0.1, 0.15) is 0 Å². The van der Waals surface area contributed by atoms with Gasteiger partial charge in [0.2, 0.25) is 5.91 Å². The Morgan fingerprint density at radius 2 is 2.50 bits per heavy atom. The highest BCUT2D eigenvalue weighted by atomic mass is 16.1. The first-order valence-corrected chi connectivity index (χ1v) is 3.96. The fourth-order valence-electron chi connectivity index (χ4n) is 0.929. The molecule has 4 nitrogen and oxygen atoms in total. The number of carbonyl (C=O) groups is 1. The predicted molar refractivity (Wildman–Crippen MR) is 45.6 cm³/mol. The minimum atomic E-state index is 0.0225. The molecule has 0 saturated heterocycles. The number of rotatable bonds is 3. The van der Waals surface area contributed by atoms with Crippen LogP contribution >= 0.6 is 0 Å². The molecule has 0 aromatic carbocycles. The Morgan fingerprint density at radius 3 is 3.00 bits per heavy atom. The first-order chi connectivity index (χ1) is 5.68. The minimum Gasteiger partial charge on any atom is -0.354 e. The van der Waals surface area contributed by atoms with E-state index in [9.17, 15) is 4.79 Å². The van der Waals surface area contributed by atoms with Crippen LogP contribution in [0.1, 0.15) is 19.5 Å². The Morgan fingerprint density at radius 1 is 1.75 bits per heavy atom. The van der Waals surface area contributed by atoms with Crippen molar-refractivity contribution in [2.45, 2.75) is 26.3 Å². The van der Waals surface area contributed by atoms with E-state index in [-0.39, 0.29) is 11.9 Å². The average molecular weight is 167 g/mol. The van der Waals surface area contributed by atoms with Crippen molar-refractivity contribution in [3.05, 3.63) is 18.0 Å². The molecule has 0 aliphatic carbocycles. The van der Waals surface area contributed by atoms with Crippen LogP contribution in [0.3, 0.4) is 0 Å². The Labute approximate surface area is 71.4 Å². The summed E-state index contributed by atoms with van der Waals surface area (Å²) in [4.78, 5) is 11.2. The lowest BCUT2D eigenvalue weighted by atomic mass is 10.3. The highest BCUT2D eigenvalue weighted by Gasteiger charge is 2.04. The van der Waals surface area contributed by atoms with Crippen LogP contribution in [0, 0.1) is 0 Å². The maximum atomic E-state index is 11.2. The quantitative estimate of drug-likeness (QED) is 0.687. The van der Waals surface area contributed by atoms with Crippen LogP contribution < -0.4 is 5.32 Å². The molecule has 1 heterocycles. The molecule has 0 aliphatic heterocycles. The van der Waals surface area contributed by atoms with Crippen molar-refractivity contribution in [2.24, 2.45) is 0 Å². The molecule has 0 atom stereocenters. The molecule has 0 aliphatic rings. The molecule has 0 fully saturated rings. The lowest BCUT2D eigenvalue weighted by Crippen LogP contribution is -2.31. The van der Waals surface area contributed by atoms with Gasteiger partial charge in [-0.05, 0) is 19.9 Å². The summed E-state index contributed by atoms with van der Waals surface area (Å²) >= 11 is 0. The van der Waals surface area contributed by atoms with Gasteiger partial charge in [-0.2, -0.15) is 5.10 Å². The van der Waals surface area contributed by atoms with Crippen LogP contribution in [0.15, 0.2) is 12.3 Å². The van der Waals surface area contributed by atoms with Crippen molar-refractivity contribution in [1.82, 2.24) is 15.5 Å². The predicted octanol–water partition coefficient (Wildman–Crippen LogP) is 0.477. The Hall–Kier alpha value is -1.32. The van der Waals surface area contributed by atoms with Crippen molar-refractivity contribution in [3.63, 3.8) is 0 Å². The smallest absolute Gasteiger partial charge is 0.226 e. The fourth-order valence-corrected chi connectivity index (χ4v) is 0.929. The molecule has 1 aromatic heterocycles. The maximum absolute atomic E-state index is 11.2. The third-order valence-electron chi connectivity index (χ3n) is 1.36. The topological polar surface area (TPSA) is 57.8 Å². The first-order valence-electron chi connectivity index (χ1n) is 3.96. The van der Waals surface area contributed by atoms with Crippen LogP contribution in [0.4, 0.5) is 0 Å². The lowest BCUT2D eigenvalue weighted by molar-refractivity contribution is -0.120. The van der Waals surface area contributed by atoms with E-state index in [1.54, 1.807) is 12.3 Å². The average Bonchev–Trinajstić information content (AvgIpc) is 2.37. The highest BCUT2D eigenvalue weighted by Crippen LogP contribution is 1.93. The van der Waals surface area contributed by atoms with E-state index in [0.29, 0.717) is 6.42 Å². The molecule has 4 heteroatoms. The zero-order valence-corrected chi connectivity index (χ0v) is 7.29. The van der Waals surface area contributed by atoms with Gasteiger partial charge < -0.3 is 5.32 Å². The van der Waals surface area contributed by atoms with Crippen molar-refractivity contribution >= 4 is 5.91 Å². The van der Waals surface area contributed by atoms with Crippen LogP contribution in [-0.2, 0) is 11.2 Å². The summed E-state index contributed by atoms with van der Waals surface area (Å²) < 4.78 is 0. The monoisotopic (exact) mass is 167 g/mol. The van der Waals surface area contributed by atoms with Crippen LogP contribution in [0.25, 0.3) is 0 Å². The van der Waals surface area contributed by atoms with Crippen LogP contribution in [-0.4, -0.2) is 22.1 Å². The summed E-state index contributed by atoms with van der Waals surface area (Å²) in [5, 5.41) is 9.27. The second kappa shape index (κ2) is 3.90. The molecule has 1 amide bonds. The van der Waals surface area contributed by atoms with Gasteiger partial charge in [0.05, 0.1) is 6.42 Å². The van der Waals surface area contributed by atoms with E-state index in [0.717, 1.165) is 5.69 Å². The van der Waals surface area contributed by atoms with Crippen LogP contribution in [0.5, 0.6) is 0 Å². The number of aromatic amines is 1. The van der Waals surface area contributed by atoms with E-state index >= 15 is 0 Å². The van der Waals surface area contributed by atoms with Gasteiger partial charge in [0.15, 0.2) is 0 Å². The SMILES string of the molecule is CC(C)NC(=O)Cc1ccn[nH]1. The van der Waals surface area contributed by atoms with E-state index < -0.39 is 0 Å². The highest BCUT2D eigenvalue weighted by molar-refractivity contribution is 5.78.